The zero-order chi connectivity index (χ0) is 25.2. The maximum Gasteiger partial charge on any atom is 0.302 e. The van der Waals surface area contributed by atoms with Crippen LogP contribution in [0.1, 0.15) is 0 Å². The van der Waals surface area contributed by atoms with Crippen molar-refractivity contribution in [3.63, 3.8) is 0 Å². The van der Waals surface area contributed by atoms with Crippen molar-refractivity contribution in [3.05, 3.63) is 76.0 Å². The first-order chi connectivity index (χ1) is 17.4. The van der Waals surface area contributed by atoms with E-state index in [0.717, 1.165) is 0 Å². The van der Waals surface area contributed by atoms with Gasteiger partial charge in [0.25, 0.3) is 5.56 Å². The van der Waals surface area contributed by atoms with Gasteiger partial charge in [0.15, 0.2) is 23.8 Å². The fraction of sp³-hybridized carbons (Fsp3) is 0.0800. The molecule has 11 heteroatoms. The summed E-state index contributed by atoms with van der Waals surface area (Å²) in [4.78, 5) is 34.7. The highest BCUT2D eigenvalue weighted by Gasteiger charge is 2.14. The normalized spacial score (nSPS) is 11.4. The number of hydrogen-bond acceptors (Lipinski definition) is 7. The summed E-state index contributed by atoms with van der Waals surface area (Å²) < 4.78 is 11.0. The summed E-state index contributed by atoms with van der Waals surface area (Å²) in [5, 5.41) is 19.0. The molecule has 2 heterocycles. The second-order valence-corrected chi connectivity index (χ2v) is 8.13. The van der Waals surface area contributed by atoms with Crippen molar-refractivity contribution >= 4 is 45.0 Å². The quantitative estimate of drug-likeness (QED) is 0.274. The van der Waals surface area contributed by atoms with Crippen LogP contribution in [0.5, 0.6) is 17.4 Å². The minimum Gasteiger partial charge on any atom is -0.493 e. The number of nitrogens with one attached hydrogen (secondary N) is 2. The molecule has 0 fully saturated rings. The third-order valence-corrected chi connectivity index (χ3v) is 5.61. The van der Waals surface area contributed by atoms with Crippen LogP contribution in [0.25, 0.3) is 33.2 Å². The number of H-pyrrole nitrogens is 2. The molecule has 2 aromatic heterocycles. The van der Waals surface area contributed by atoms with E-state index < -0.39 is 12.5 Å². The van der Waals surface area contributed by atoms with Gasteiger partial charge in [-0.15, -0.1) is 10.2 Å². The van der Waals surface area contributed by atoms with E-state index in [1.165, 1.54) is 7.11 Å². The van der Waals surface area contributed by atoms with Crippen LogP contribution in [0.2, 0.25) is 5.02 Å². The van der Waals surface area contributed by atoms with Crippen molar-refractivity contribution < 1.29 is 19.4 Å². The molecule has 180 valence electrons. The van der Waals surface area contributed by atoms with Crippen LogP contribution in [-0.4, -0.2) is 39.7 Å². The number of aromatic hydroxyl groups is 1. The van der Waals surface area contributed by atoms with Crippen molar-refractivity contribution in [2.24, 2.45) is 10.2 Å². The Morgan fingerprint density at radius 2 is 1.89 bits per heavy atom. The Kier molecular flexibility index (Phi) is 6.09. The topological polar surface area (TPSA) is 142 Å². The van der Waals surface area contributed by atoms with Gasteiger partial charge in [0.05, 0.1) is 23.5 Å². The molecule has 0 saturated heterocycles. The van der Waals surface area contributed by atoms with Crippen LogP contribution in [0.15, 0.2) is 75.7 Å². The number of nitrogens with zero attached hydrogens (tertiary/aromatic N) is 3. The molecule has 0 aliphatic carbocycles. The maximum atomic E-state index is 12.4. The van der Waals surface area contributed by atoms with Gasteiger partial charge in [-0.3, -0.25) is 9.59 Å². The Labute approximate surface area is 208 Å². The molecule has 0 spiro atoms. The number of benzene rings is 3. The molecular formula is C25H18ClN5O5. The second kappa shape index (κ2) is 9.51. The lowest BCUT2D eigenvalue weighted by atomic mass is 10.1. The molecule has 0 bridgehead atoms. The maximum absolute atomic E-state index is 12.4. The number of methoxy groups -OCH3 is 1. The van der Waals surface area contributed by atoms with Crippen molar-refractivity contribution in [2.75, 3.05) is 13.7 Å². The number of carbonyl (C=O) groups is 1. The lowest BCUT2D eigenvalue weighted by Crippen LogP contribution is -2.10. The molecule has 36 heavy (non-hydrogen) atoms. The third-order valence-electron chi connectivity index (χ3n) is 5.38. The van der Waals surface area contributed by atoms with E-state index in [2.05, 4.69) is 25.2 Å². The predicted octanol–water partition coefficient (Wildman–Crippen LogP) is 5.13. The van der Waals surface area contributed by atoms with Crippen molar-refractivity contribution in [2.45, 2.75) is 0 Å². The Bertz CT molecular complexity index is 1710. The third kappa shape index (κ3) is 4.49. The number of rotatable bonds is 6. The number of para-hydroxylation sites is 1. The van der Waals surface area contributed by atoms with Gasteiger partial charge in [0.2, 0.25) is 5.88 Å². The van der Waals surface area contributed by atoms with E-state index in [4.69, 9.17) is 21.1 Å². The predicted molar refractivity (Wildman–Crippen MR) is 134 cm³/mol. The zero-order valence-electron chi connectivity index (χ0n) is 18.8. The van der Waals surface area contributed by atoms with E-state index in [1.54, 1.807) is 60.7 Å². The van der Waals surface area contributed by atoms with Crippen molar-refractivity contribution in [3.8, 4) is 28.8 Å². The Morgan fingerprint density at radius 1 is 1.06 bits per heavy atom. The van der Waals surface area contributed by atoms with Crippen LogP contribution in [-0.2, 0) is 4.79 Å². The number of halogens is 1. The molecule has 5 aromatic rings. The number of carbonyl (C=O) groups excluding carboxylic acids is 1. The summed E-state index contributed by atoms with van der Waals surface area (Å²) in [6, 6.07) is 16.9. The number of hydrogen-bond donors (Lipinski definition) is 3. The number of fused-ring (bicyclic) bond motifs is 2. The zero-order valence-corrected chi connectivity index (χ0v) is 19.5. The monoisotopic (exact) mass is 503 g/mol. The highest BCUT2D eigenvalue weighted by molar-refractivity contribution is 6.31. The van der Waals surface area contributed by atoms with E-state index in [0.29, 0.717) is 44.0 Å². The molecule has 0 atom stereocenters. The summed E-state index contributed by atoms with van der Waals surface area (Å²) >= 11 is 6.00. The molecule has 0 aliphatic heterocycles. The van der Waals surface area contributed by atoms with E-state index in [1.807, 2.05) is 0 Å². The Morgan fingerprint density at radius 3 is 2.72 bits per heavy atom. The molecule has 3 N–H and O–H groups in total. The Hall–Kier alpha value is -4.70. The van der Waals surface area contributed by atoms with Gasteiger partial charge in [0, 0.05) is 16.0 Å². The lowest BCUT2D eigenvalue weighted by molar-refractivity contribution is -0.120. The van der Waals surface area contributed by atoms with E-state index in [9.17, 15) is 14.7 Å². The van der Waals surface area contributed by atoms with Gasteiger partial charge in [-0.1, -0.05) is 23.7 Å². The summed E-state index contributed by atoms with van der Waals surface area (Å²) in [6.07, 6.45) is 0. The molecule has 1 amide bonds. The first-order valence-corrected chi connectivity index (χ1v) is 11.1. The molecular weight excluding hydrogens is 486 g/mol. The van der Waals surface area contributed by atoms with Gasteiger partial charge in [-0.25, -0.2) is 4.98 Å². The molecule has 0 aliphatic rings. The molecule has 0 saturated carbocycles. The average Bonchev–Trinajstić information content (AvgIpc) is 3.20. The minimum absolute atomic E-state index is 0.0969. The molecule has 0 unspecified atom stereocenters. The highest BCUT2D eigenvalue weighted by atomic mass is 35.5. The standard InChI is InChI=1S/C25H18ClN5O5/c1-35-20-10-13(23-27-17-5-3-2-4-15(17)24(33)29-23)6-9-19(20)36-12-21(32)30-31-22-16-11-14(26)7-8-18(16)28-25(22)34/h2-11,28,34H,12H2,1H3,(H,27,29,33). The lowest BCUT2D eigenvalue weighted by Gasteiger charge is -2.11. The fourth-order valence-corrected chi connectivity index (χ4v) is 3.84. The summed E-state index contributed by atoms with van der Waals surface area (Å²) in [6.45, 7) is -0.422. The Balaban J connectivity index is 1.33. The van der Waals surface area contributed by atoms with E-state index >= 15 is 0 Å². The molecule has 0 radical (unpaired) electrons. The molecule has 5 rings (SSSR count). The minimum atomic E-state index is -0.683. The first-order valence-electron chi connectivity index (χ1n) is 10.7. The smallest absolute Gasteiger partial charge is 0.302 e. The summed E-state index contributed by atoms with van der Waals surface area (Å²) in [5.41, 5.74) is 1.60. The largest absolute Gasteiger partial charge is 0.493 e. The van der Waals surface area contributed by atoms with E-state index in [-0.39, 0.29) is 22.9 Å². The van der Waals surface area contributed by atoms with Crippen molar-refractivity contribution in [1.82, 2.24) is 15.0 Å². The number of amides is 1. The highest BCUT2D eigenvalue weighted by Crippen LogP contribution is 2.37. The number of aromatic amines is 2. The van der Waals surface area contributed by atoms with Gasteiger partial charge in [-0.2, -0.15) is 0 Å². The summed E-state index contributed by atoms with van der Waals surface area (Å²) in [5.74, 6) is 0.0680. The fourth-order valence-electron chi connectivity index (χ4n) is 3.67. The van der Waals surface area contributed by atoms with Crippen molar-refractivity contribution in [1.29, 1.82) is 0 Å². The number of ether oxygens (including phenoxy) is 2. The van der Waals surface area contributed by atoms with Crippen LogP contribution < -0.4 is 15.0 Å². The van der Waals surface area contributed by atoms with Gasteiger partial charge < -0.3 is 24.5 Å². The van der Waals surface area contributed by atoms with Gasteiger partial charge >= 0.3 is 5.91 Å². The first kappa shape index (κ1) is 23.1. The van der Waals surface area contributed by atoms with Crippen LogP contribution in [0, 0.1) is 0 Å². The SMILES string of the molecule is COc1cc(-c2nc3ccccc3c(=O)[nH]2)ccc1OCC(=O)N=Nc1c(O)[nH]c2ccc(Cl)cc12. The van der Waals surface area contributed by atoms with Crippen LogP contribution in [0.4, 0.5) is 5.69 Å². The van der Waals surface area contributed by atoms with Crippen LogP contribution in [0.3, 0.4) is 0 Å². The average molecular weight is 504 g/mol. The van der Waals surface area contributed by atoms with Gasteiger partial charge in [0.1, 0.15) is 5.82 Å². The molecule has 3 aromatic carbocycles. The number of azo groups is 1. The molecule has 10 nitrogen and oxygen atoms in total. The van der Waals surface area contributed by atoms with Crippen LogP contribution >= 0.6 is 11.6 Å². The number of aromatic nitrogens is 3. The van der Waals surface area contributed by atoms with Gasteiger partial charge in [-0.05, 0) is 48.5 Å². The second-order valence-electron chi connectivity index (χ2n) is 7.69. The summed E-state index contributed by atoms with van der Waals surface area (Å²) in [7, 11) is 1.45.